The first kappa shape index (κ1) is 14.0. The highest BCUT2D eigenvalue weighted by Gasteiger charge is 2.25. The fourth-order valence-electron chi connectivity index (χ4n) is 0.651. The zero-order chi connectivity index (χ0) is 9.83. The molecule has 0 rings (SSSR count). The maximum atomic E-state index is 5.65. The zero-order valence-electron chi connectivity index (χ0n) is 6.10. The van der Waals surface area contributed by atoms with E-state index in [-0.39, 0.29) is 0 Å². The number of hydrogen-bond acceptors (Lipinski definition) is 0. The normalized spacial score (nSPS) is 13.5. The van der Waals surface area contributed by atoms with Crippen molar-refractivity contribution in [2.75, 3.05) is 0 Å². The van der Waals surface area contributed by atoms with Crippen LogP contribution >= 0.6 is 68.0 Å². The average molecular weight is 309 g/mol. The van der Waals surface area contributed by atoms with Crippen molar-refractivity contribution in [1.29, 1.82) is 0 Å². The molecule has 7 heteroatoms. The van der Waals surface area contributed by atoms with E-state index in [2.05, 4.69) is 0 Å². The summed E-state index contributed by atoms with van der Waals surface area (Å²) in [6.07, 6.45) is 2.08. The van der Waals surface area contributed by atoms with Gasteiger partial charge >= 0.3 is 6.00 Å². The van der Waals surface area contributed by atoms with Crippen LogP contribution in [0, 0.1) is 0 Å². The van der Waals surface area contributed by atoms with Gasteiger partial charge in [-0.2, -0.15) is 0 Å². The smallest absolute Gasteiger partial charge is 0.126 e. The van der Waals surface area contributed by atoms with Gasteiger partial charge < -0.3 is 0 Å². The van der Waals surface area contributed by atoms with E-state index in [1.54, 1.807) is 0 Å². The van der Waals surface area contributed by atoms with Crippen molar-refractivity contribution in [3.8, 4) is 0 Å². The van der Waals surface area contributed by atoms with E-state index in [0.717, 1.165) is 12.8 Å². The van der Waals surface area contributed by atoms with Crippen LogP contribution in [0.2, 0.25) is 6.04 Å². The van der Waals surface area contributed by atoms with Gasteiger partial charge in [0, 0.05) is 0 Å². The summed E-state index contributed by atoms with van der Waals surface area (Å²) in [7, 11) is 0. The molecule has 0 bridgehead atoms. The molecule has 0 saturated heterocycles. The molecule has 0 nitrogen and oxygen atoms in total. The first-order valence-corrected chi connectivity index (χ1v) is 9.72. The Hall–Kier alpha value is 1.96. The maximum Gasteiger partial charge on any atom is 0.341 e. The lowest BCUT2D eigenvalue weighted by atomic mass is 10.3. The lowest BCUT2D eigenvalue weighted by molar-refractivity contribution is 0.731. The van der Waals surface area contributed by atoms with Crippen molar-refractivity contribution in [3.63, 3.8) is 0 Å². The fraction of sp³-hybridized carbons (Fsp3) is 1.00. The van der Waals surface area contributed by atoms with Crippen molar-refractivity contribution in [3.05, 3.63) is 0 Å². The van der Waals surface area contributed by atoms with Crippen LogP contribution in [-0.4, -0.2) is 9.80 Å². The first-order valence-electron chi connectivity index (χ1n) is 3.34. The van der Waals surface area contributed by atoms with Crippen LogP contribution in [0.4, 0.5) is 0 Å². The van der Waals surface area contributed by atoms with Crippen molar-refractivity contribution >= 4 is 74.0 Å². The second kappa shape index (κ2) is 5.74. The third-order valence-electron chi connectivity index (χ3n) is 1.17. The minimum Gasteiger partial charge on any atom is -0.126 e. The summed E-state index contributed by atoms with van der Waals surface area (Å²) in [6.45, 7) is 0. The average Bonchev–Trinajstić information content (AvgIpc) is 1.76. The minimum atomic E-state index is -2.47. The van der Waals surface area contributed by atoms with E-state index in [1.807, 2.05) is 0 Å². The molecule has 0 heterocycles. The highest BCUT2D eigenvalue weighted by atomic mass is 35.8. The van der Waals surface area contributed by atoms with Gasteiger partial charge in [0.15, 0.2) is 3.79 Å². The molecular formula is C5H8Cl6Si. The third kappa shape index (κ3) is 12.0. The number of alkyl halides is 3. The molecule has 0 spiro atoms. The van der Waals surface area contributed by atoms with Crippen LogP contribution in [0.25, 0.3) is 0 Å². The lowest BCUT2D eigenvalue weighted by Gasteiger charge is -2.11. The predicted molar refractivity (Wildman–Crippen MR) is 62.3 cm³/mol. The lowest BCUT2D eigenvalue weighted by Crippen LogP contribution is -2.09. The Labute approximate surface area is 103 Å². The summed E-state index contributed by atoms with van der Waals surface area (Å²) < 4.78 is -1.17. The van der Waals surface area contributed by atoms with Crippen LogP contribution in [0.3, 0.4) is 0 Å². The van der Waals surface area contributed by atoms with Gasteiger partial charge in [-0.25, -0.2) is 0 Å². The van der Waals surface area contributed by atoms with Crippen molar-refractivity contribution in [2.24, 2.45) is 0 Å². The highest BCUT2D eigenvalue weighted by Crippen LogP contribution is 2.34. The van der Waals surface area contributed by atoms with E-state index < -0.39 is 9.80 Å². The van der Waals surface area contributed by atoms with Crippen LogP contribution in [-0.2, 0) is 0 Å². The summed E-state index contributed by atoms with van der Waals surface area (Å²) in [5.41, 5.74) is 0. The molecule has 0 aromatic carbocycles. The van der Waals surface area contributed by atoms with E-state index in [9.17, 15) is 0 Å². The molecule has 0 atom stereocenters. The van der Waals surface area contributed by atoms with E-state index in [4.69, 9.17) is 68.0 Å². The molecule has 0 fully saturated rings. The molecule has 0 aliphatic carbocycles. The topological polar surface area (TPSA) is 0 Å². The second-order valence-electron chi connectivity index (χ2n) is 2.44. The zero-order valence-corrected chi connectivity index (χ0v) is 11.6. The maximum absolute atomic E-state index is 5.65. The molecule has 0 aliphatic heterocycles. The van der Waals surface area contributed by atoms with Gasteiger partial charge in [-0.05, 0) is 18.9 Å². The van der Waals surface area contributed by atoms with Crippen LogP contribution in [0.5, 0.6) is 0 Å². The number of unbranched alkanes of at least 4 members (excludes halogenated alkanes) is 1. The van der Waals surface area contributed by atoms with E-state index in [1.165, 1.54) is 0 Å². The van der Waals surface area contributed by atoms with Crippen molar-refractivity contribution < 1.29 is 0 Å². The number of halogens is 6. The van der Waals surface area contributed by atoms with E-state index in [0.29, 0.717) is 12.5 Å². The van der Waals surface area contributed by atoms with E-state index >= 15 is 0 Å². The summed E-state index contributed by atoms with van der Waals surface area (Å²) in [5.74, 6) is 0. The standard InChI is InChI=1S/C5H8Cl6Si/c6-5(7,8)3-1-2-4-12(9,10)11/h1-4H2. The molecule has 0 unspecified atom stereocenters. The fourth-order valence-corrected chi connectivity index (χ4v) is 2.91. The monoisotopic (exact) mass is 306 g/mol. The van der Waals surface area contributed by atoms with Gasteiger partial charge in [0.05, 0.1) is 0 Å². The molecule has 0 aliphatic rings. The molecule has 0 saturated carbocycles. The van der Waals surface area contributed by atoms with Gasteiger partial charge in [0.2, 0.25) is 0 Å². The Balaban J connectivity index is 3.35. The Kier molecular flexibility index (Phi) is 6.68. The van der Waals surface area contributed by atoms with Crippen molar-refractivity contribution in [1.82, 2.24) is 0 Å². The summed E-state index contributed by atoms with van der Waals surface area (Å²) in [6, 6.07) is -1.84. The number of rotatable bonds is 4. The SMILES string of the molecule is ClC(Cl)(Cl)CCCC[Si](Cl)(Cl)Cl. The predicted octanol–water partition coefficient (Wildman–Crippen LogP) is 5.18. The van der Waals surface area contributed by atoms with Crippen LogP contribution < -0.4 is 0 Å². The van der Waals surface area contributed by atoms with Gasteiger partial charge in [-0.3, -0.25) is 0 Å². The molecule has 12 heavy (non-hydrogen) atoms. The van der Waals surface area contributed by atoms with Gasteiger partial charge in [0.1, 0.15) is 0 Å². The van der Waals surface area contributed by atoms with Crippen LogP contribution in [0.15, 0.2) is 0 Å². The largest absolute Gasteiger partial charge is 0.341 e. The third-order valence-corrected chi connectivity index (χ3v) is 4.36. The quantitative estimate of drug-likeness (QED) is 0.290. The minimum absolute atomic E-state index is 0.507. The molecule has 74 valence electrons. The molecular weight excluding hydrogens is 301 g/mol. The van der Waals surface area contributed by atoms with Gasteiger partial charge in [-0.15, -0.1) is 33.2 Å². The van der Waals surface area contributed by atoms with Crippen molar-refractivity contribution in [2.45, 2.75) is 29.1 Å². The molecule has 0 aromatic rings. The molecule has 0 amide bonds. The summed E-state index contributed by atoms with van der Waals surface area (Å²) >= 11 is 33.5. The summed E-state index contributed by atoms with van der Waals surface area (Å²) in [5, 5.41) is 0. The highest BCUT2D eigenvalue weighted by molar-refractivity contribution is 7.64. The second-order valence-corrected chi connectivity index (χ2v) is 14.2. The molecule has 0 aromatic heterocycles. The van der Waals surface area contributed by atoms with Gasteiger partial charge in [0.25, 0.3) is 0 Å². The van der Waals surface area contributed by atoms with Gasteiger partial charge in [-0.1, -0.05) is 41.2 Å². The summed E-state index contributed by atoms with van der Waals surface area (Å²) in [4.78, 5) is 0. The Bertz CT molecular complexity index is 109. The number of hydrogen-bond donors (Lipinski definition) is 0. The van der Waals surface area contributed by atoms with Crippen LogP contribution in [0.1, 0.15) is 19.3 Å². The molecule has 0 radical (unpaired) electrons. The molecule has 0 N–H and O–H groups in total. The first-order chi connectivity index (χ1) is 5.21. The Morgan fingerprint density at radius 1 is 0.917 bits per heavy atom. The Morgan fingerprint density at radius 2 is 1.42 bits per heavy atom. The Morgan fingerprint density at radius 3 is 1.75 bits per heavy atom.